The molecular weight excluding hydrogens is 328 g/mol. The molecule has 0 unspecified atom stereocenters. The SMILES string of the molecule is CC/C=C/CCOC(=O)c1cccc(C(=O)OCCCCCCCC)c1. The number of hydrogen-bond acceptors (Lipinski definition) is 4. The quantitative estimate of drug-likeness (QED) is 0.256. The normalized spacial score (nSPS) is 10.8. The first-order valence-corrected chi connectivity index (χ1v) is 9.78. The summed E-state index contributed by atoms with van der Waals surface area (Å²) >= 11 is 0. The molecule has 0 aliphatic rings. The minimum Gasteiger partial charge on any atom is -0.462 e. The summed E-state index contributed by atoms with van der Waals surface area (Å²) in [6.45, 7) is 5.00. The molecule has 144 valence electrons. The number of ether oxygens (including phenoxy) is 2. The molecule has 0 aliphatic carbocycles. The molecule has 0 aliphatic heterocycles. The molecular formula is C22H32O4. The Labute approximate surface area is 157 Å². The highest BCUT2D eigenvalue weighted by molar-refractivity contribution is 5.95. The molecule has 4 nitrogen and oxygen atoms in total. The molecule has 1 rings (SSSR count). The smallest absolute Gasteiger partial charge is 0.338 e. The summed E-state index contributed by atoms with van der Waals surface area (Å²) < 4.78 is 10.5. The molecule has 0 saturated heterocycles. The van der Waals surface area contributed by atoms with Gasteiger partial charge < -0.3 is 9.47 Å². The lowest BCUT2D eigenvalue weighted by atomic mass is 10.1. The van der Waals surface area contributed by atoms with Gasteiger partial charge in [-0.15, -0.1) is 0 Å². The minimum absolute atomic E-state index is 0.335. The predicted octanol–water partition coefficient (Wildman–Crippen LogP) is 5.72. The molecule has 0 amide bonds. The molecule has 0 N–H and O–H groups in total. The highest BCUT2D eigenvalue weighted by Crippen LogP contribution is 2.10. The fourth-order valence-corrected chi connectivity index (χ4v) is 2.49. The zero-order valence-electron chi connectivity index (χ0n) is 16.2. The maximum atomic E-state index is 12.1. The summed E-state index contributed by atoms with van der Waals surface area (Å²) in [6.07, 6.45) is 12.5. The Kier molecular flexibility index (Phi) is 11.9. The standard InChI is InChI=1S/C22H32O4/c1-3-5-7-9-10-12-17-26-22(24)20-15-13-14-19(18-20)21(23)25-16-11-8-6-4-2/h6,8,13-15,18H,3-5,7,9-12,16-17H2,1-2H3/b8-6+. The van der Waals surface area contributed by atoms with E-state index >= 15 is 0 Å². The first-order valence-electron chi connectivity index (χ1n) is 9.78. The molecule has 1 aromatic carbocycles. The van der Waals surface area contributed by atoms with Crippen molar-refractivity contribution in [2.45, 2.75) is 65.2 Å². The van der Waals surface area contributed by atoms with Gasteiger partial charge in [-0.25, -0.2) is 9.59 Å². The Morgan fingerprint density at radius 3 is 2.12 bits per heavy atom. The lowest BCUT2D eigenvalue weighted by Gasteiger charge is -2.07. The fraction of sp³-hybridized carbons (Fsp3) is 0.545. The van der Waals surface area contributed by atoms with Crippen LogP contribution in [0.1, 0.15) is 85.9 Å². The second kappa shape index (κ2) is 14.1. The van der Waals surface area contributed by atoms with E-state index < -0.39 is 5.97 Å². The van der Waals surface area contributed by atoms with Gasteiger partial charge in [0.25, 0.3) is 0 Å². The van der Waals surface area contributed by atoms with Crippen LogP contribution in [0.25, 0.3) is 0 Å². The zero-order valence-corrected chi connectivity index (χ0v) is 16.2. The summed E-state index contributed by atoms with van der Waals surface area (Å²) in [7, 11) is 0. The van der Waals surface area contributed by atoms with Crippen molar-refractivity contribution in [2.24, 2.45) is 0 Å². The van der Waals surface area contributed by atoms with Gasteiger partial charge in [0.15, 0.2) is 0 Å². The number of hydrogen-bond donors (Lipinski definition) is 0. The third kappa shape index (κ3) is 9.40. The van der Waals surface area contributed by atoms with Crippen molar-refractivity contribution in [3.05, 3.63) is 47.5 Å². The van der Waals surface area contributed by atoms with Crippen molar-refractivity contribution in [1.29, 1.82) is 0 Å². The van der Waals surface area contributed by atoms with Gasteiger partial charge in [-0.05, 0) is 37.5 Å². The van der Waals surface area contributed by atoms with Crippen LogP contribution < -0.4 is 0 Å². The van der Waals surface area contributed by atoms with E-state index in [9.17, 15) is 9.59 Å². The molecule has 0 atom stereocenters. The van der Waals surface area contributed by atoms with Crippen LogP contribution in [0.3, 0.4) is 0 Å². The minimum atomic E-state index is -0.416. The highest BCUT2D eigenvalue weighted by atomic mass is 16.5. The molecule has 0 saturated carbocycles. The third-order valence-corrected chi connectivity index (χ3v) is 3.99. The van der Waals surface area contributed by atoms with E-state index in [-0.39, 0.29) is 5.97 Å². The maximum absolute atomic E-state index is 12.1. The van der Waals surface area contributed by atoms with Gasteiger partial charge in [-0.2, -0.15) is 0 Å². The number of rotatable bonds is 13. The predicted molar refractivity (Wildman–Crippen MR) is 104 cm³/mol. The monoisotopic (exact) mass is 360 g/mol. The summed E-state index contributed by atoms with van der Waals surface area (Å²) in [5, 5.41) is 0. The van der Waals surface area contributed by atoms with E-state index in [4.69, 9.17) is 9.47 Å². The lowest BCUT2D eigenvalue weighted by Crippen LogP contribution is -2.10. The van der Waals surface area contributed by atoms with Crippen molar-refractivity contribution in [3.63, 3.8) is 0 Å². The molecule has 4 heteroatoms. The van der Waals surface area contributed by atoms with E-state index in [0.29, 0.717) is 30.8 Å². The van der Waals surface area contributed by atoms with Crippen molar-refractivity contribution in [1.82, 2.24) is 0 Å². The molecule has 0 spiro atoms. The topological polar surface area (TPSA) is 52.6 Å². The van der Waals surface area contributed by atoms with Crippen LogP contribution in [0, 0.1) is 0 Å². The van der Waals surface area contributed by atoms with E-state index in [2.05, 4.69) is 13.8 Å². The van der Waals surface area contributed by atoms with Gasteiger partial charge in [0.2, 0.25) is 0 Å². The number of benzene rings is 1. The van der Waals surface area contributed by atoms with Crippen LogP contribution in [0.15, 0.2) is 36.4 Å². The highest BCUT2D eigenvalue weighted by Gasteiger charge is 2.12. The average Bonchev–Trinajstić information content (AvgIpc) is 2.67. The molecule has 0 aromatic heterocycles. The molecule has 0 fully saturated rings. The van der Waals surface area contributed by atoms with E-state index in [1.165, 1.54) is 31.7 Å². The van der Waals surface area contributed by atoms with Gasteiger partial charge in [-0.1, -0.05) is 64.2 Å². The van der Waals surface area contributed by atoms with Crippen LogP contribution >= 0.6 is 0 Å². The summed E-state index contributed by atoms with van der Waals surface area (Å²) in [5.41, 5.74) is 0.759. The number of esters is 2. The summed E-state index contributed by atoms with van der Waals surface area (Å²) in [4.78, 5) is 24.1. The molecule has 0 radical (unpaired) electrons. The second-order valence-corrected chi connectivity index (χ2v) is 6.29. The first-order chi connectivity index (χ1) is 12.7. The first kappa shape index (κ1) is 21.9. The Morgan fingerprint density at radius 1 is 0.846 bits per heavy atom. The van der Waals surface area contributed by atoms with Crippen molar-refractivity contribution < 1.29 is 19.1 Å². The zero-order chi connectivity index (χ0) is 19.0. The fourth-order valence-electron chi connectivity index (χ4n) is 2.49. The van der Waals surface area contributed by atoms with Gasteiger partial charge in [0.05, 0.1) is 24.3 Å². The van der Waals surface area contributed by atoms with Crippen LogP contribution in [-0.4, -0.2) is 25.2 Å². The molecule has 1 aromatic rings. The Hall–Kier alpha value is -2.10. The van der Waals surface area contributed by atoms with Crippen LogP contribution in [0.5, 0.6) is 0 Å². The van der Waals surface area contributed by atoms with Gasteiger partial charge in [-0.3, -0.25) is 0 Å². The van der Waals surface area contributed by atoms with Crippen molar-refractivity contribution >= 4 is 11.9 Å². The van der Waals surface area contributed by atoms with Gasteiger partial charge >= 0.3 is 11.9 Å². The maximum Gasteiger partial charge on any atom is 0.338 e. The molecule has 0 heterocycles. The third-order valence-electron chi connectivity index (χ3n) is 3.99. The number of carbonyl (C=O) groups excluding carboxylic acids is 2. The second-order valence-electron chi connectivity index (χ2n) is 6.29. The largest absolute Gasteiger partial charge is 0.462 e. The molecule has 26 heavy (non-hydrogen) atoms. The van der Waals surface area contributed by atoms with Gasteiger partial charge in [0.1, 0.15) is 0 Å². The van der Waals surface area contributed by atoms with Crippen LogP contribution in [0.4, 0.5) is 0 Å². The van der Waals surface area contributed by atoms with Gasteiger partial charge in [0, 0.05) is 0 Å². The summed E-state index contributed by atoms with van der Waals surface area (Å²) in [6, 6.07) is 6.52. The van der Waals surface area contributed by atoms with E-state index in [0.717, 1.165) is 19.3 Å². The van der Waals surface area contributed by atoms with Crippen molar-refractivity contribution in [2.75, 3.05) is 13.2 Å². The van der Waals surface area contributed by atoms with E-state index in [1.807, 2.05) is 12.2 Å². The summed E-state index contributed by atoms with van der Waals surface area (Å²) in [5.74, 6) is -0.806. The number of carbonyl (C=O) groups is 2. The Balaban J connectivity index is 2.36. The van der Waals surface area contributed by atoms with Crippen LogP contribution in [-0.2, 0) is 9.47 Å². The van der Waals surface area contributed by atoms with Crippen molar-refractivity contribution in [3.8, 4) is 0 Å². The molecule has 0 bridgehead atoms. The van der Waals surface area contributed by atoms with E-state index in [1.54, 1.807) is 18.2 Å². The van der Waals surface area contributed by atoms with Crippen LogP contribution in [0.2, 0.25) is 0 Å². The Bertz CT molecular complexity index is 563. The lowest BCUT2D eigenvalue weighted by molar-refractivity contribution is 0.0497. The number of unbranched alkanes of at least 4 members (excludes halogenated alkanes) is 5. The Morgan fingerprint density at radius 2 is 1.46 bits per heavy atom. The number of allylic oxidation sites excluding steroid dienone is 1. The average molecular weight is 360 g/mol.